The van der Waals surface area contributed by atoms with E-state index in [1.54, 1.807) is 0 Å². The van der Waals surface area contributed by atoms with E-state index in [9.17, 15) is 0 Å². The van der Waals surface area contributed by atoms with Crippen molar-refractivity contribution in [1.29, 1.82) is 0 Å². The summed E-state index contributed by atoms with van der Waals surface area (Å²) in [4.78, 5) is 0. The summed E-state index contributed by atoms with van der Waals surface area (Å²) in [5.41, 5.74) is 8.82. The molecule has 0 bridgehead atoms. The molecule has 1 atom stereocenters. The molecule has 2 rings (SSSR count). The maximum Gasteiger partial charge on any atom is 0.127 e. The highest BCUT2D eigenvalue weighted by Gasteiger charge is 2.32. The Bertz CT molecular complexity index is 440. The van der Waals surface area contributed by atoms with Crippen LogP contribution in [0.1, 0.15) is 37.8 Å². The molecule has 0 radical (unpaired) electrons. The van der Waals surface area contributed by atoms with E-state index < -0.39 is 0 Å². The predicted molar refractivity (Wildman–Crippen MR) is 74.0 cm³/mol. The summed E-state index contributed by atoms with van der Waals surface area (Å²) in [6, 6.07) is 3.92. The lowest BCUT2D eigenvalue weighted by molar-refractivity contribution is -0.0327. The van der Waals surface area contributed by atoms with E-state index >= 15 is 0 Å². The molecule has 1 aromatic rings. The molecule has 3 nitrogen and oxygen atoms in total. The first-order valence-corrected chi connectivity index (χ1v) is 6.55. The fourth-order valence-electron chi connectivity index (χ4n) is 2.44. The Morgan fingerprint density at radius 2 is 2.11 bits per heavy atom. The van der Waals surface area contributed by atoms with Gasteiger partial charge < -0.3 is 15.2 Å². The summed E-state index contributed by atoms with van der Waals surface area (Å²) in [5, 5.41) is 0. The van der Waals surface area contributed by atoms with Crippen molar-refractivity contribution < 1.29 is 9.47 Å². The molecule has 1 heterocycles. The van der Waals surface area contributed by atoms with Gasteiger partial charge in [-0.3, -0.25) is 0 Å². The van der Waals surface area contributed by atoms with Crippen LogP contribution in [0.4, 0.5) is 5.69 Å². The lowest BCUT2D eigenvalue weighted by Crippen LogP contribution is -2.24. The molecule has 1 aliphatic rings. The van der Waals surface area contributed by atoms with Crippen molar-refractivity contribution in [3.05, 3.63) is 23.3 Å². The molecule has 1 fully saturated rings. The Hall–Kier alpha value is -1.22. The van der Waals surface area contributed by atoms with E-state index in [-0.39, 0.29) is 11.7 Å². The van der Waals surface area contributed by atoms with Gasteiger partial charge in [0.05, 0.1) is 11.7 Å². The number of rotatable bonds is 3. The fraction of sp³-hybridized carbons (Fsp3) is 0.600. The molecular weight excluding hydrogens is 226 g/mol. The van der Waals surface area contributed by atoms with Crippen molar-refractivity contribution in [2.24, 2.45) is 0 Å². The van der Waals surface area contributed by atoms with Gasteiger partial charge in [-0.15, -0.1) is 0 Å². The lowest BCUT2D eigenvalue weighted by Gasteiger charge is -2.20. The second-order valence-electron chi connectivity index (χ2n) is 5.78. The molecule has 1 unspecified atom stereocenters. The van der Waals surface area contributed by atoms with Crippen LogP contribution in [0, 0.1) is 13.8 Å². The smallest absolute Gasteiger partial charge is 0.127 e. The van der Waals surface area contributed by atoms with Crippen molar-refractivity contribution >= 4 is 5.69 Å². The number of nitrogen functional groups attached to an aromatic ring is 1. The van der Waals surface area contributed by atoms with E-state index in [1.807, 2.05) is 26.0 Å². The highest BCUT2D eigenvalue weighted by atomic mass is 16.6. The molecule has 1 saturated heterocycles. The predicted octanol–water partition coefficient (Wildman–Crippen LogP) is 3.22. The van der Waals surface area contributed by atoms with Crippen molar-refractivity contribution in [2.45, 2.75) is 52.2 Å². The summed E-state index contributed by atoms with van der Waals surface area (Å²) < 4.78 is 11.8. The Labute approximate surface area is 109 Å². The second kappa shape index (κ2) is 4.81. The molecule has 1 aliphatic heterocycles. The Morgan fingerprint density at radius 3 is 2.72 bits per heavy atom. The molecule has 3 heteroatoms. The lowest BCUT2D eigenvalue weighted by atomic mass is 10.1. The van der Waals surface area contributed by atoms with E-state index in [4.69, 9.17) is 15.2 Å². The van der Waals surface area contributed by atoms with Crippen LogP contribution < -0.4 is 10.5 Å². The molecule has 0 spiro atoms. The number of anilines is 1. The topological polar surface area (TPSA) is 44.5 Å². The molecule has 0 aliphatic carbocycles. The largest absolute Gasteiger partial charge is 0.490 e. The van der Waals surface area contributed by atoms with Crippen LogP contribution in [0.2, 0.25) is 0 Å². The van der Waals surface area contributed by atoms with Crippen molar-refractivity contribution in [1.82, 2.24) is 0 Å². The first-order valence-electron chi connectivity index (χ1n) is 6.55. The third-order valence-electron chi connectivity index (χ3n) is 3.61. The molecule has 0 aromatic heterocycles. The average Bonchev–Trinajstić information content (AvgIpc) is 2.64. The molecule has 2 N–H and O–H groups in total. The van der Waals surface area contributed by atoms with E-state index in [1.165, 1.54) is 0 Å². The summed E-state index contributed by atoms with van der Waals surface area (Å²) in [6.07, 6.45) is 2.35. The number of benzene rings is 1. The minimum Gasteiger partial charge on any atom is -0.490 e. The number of aryl methyl sites for hydroxylation is 1. The molecule has 100 valence electrons. The number of nitrogens with two attached hydrogens (primary N) is 1. The van der Waals surface area contributed by atoms with Gasteiger partial charge in [0.2, 0.25) is 0 Å². The van der Waals surface area contributed by atoms with Gasteiger partial charge in [0.15, 0.2) is 0 Å². The summed E-state index contributed by atoms with van der Waals surface area (Å²) in [6.45, 7) is 8.90. The minimum atomic E-state index is -0.00612. The van der Waals surface area contributed by atoms with Gasteiger partial charge in [-0.05, 0) is 52.2 Å². The van der Waals surface area contributed by atoms with Crippen LogP contribution >= 0.6 is 0 Å². The van der Waals surface area contributed by atoms with Crippen LogP contribution in [-0.2, 0) is 4.74 Å². The van der Waals surface area contributed by atoms with Crippen LogP contribution in [0.5, 0.6) is 5.75 Å². The minimum absolute atomic E-state index is 0.00612. The Balaban J connectivity index is 2.01. The van der Waals surface area contributed by atoms with Gasteiger partial charge in [0.25, 0.3) is 0 Å². The van der Waals surface area contributed by atoms with Gasteiger partial charge in [-0.1, -0.05) is 6.07 Å². The SMILES string of the molecule is Cc1ccc(N)c(C)c1OCC1CCC(C)(C)O1. The van der Waals surface area contributed by atoms with Gasteiger partial charge in [0, 0.05) is 11.3 Å². The highest BCUT2D eigenvalue weighted by Crippen LogP contribution is 2.32. The molecule has 0 amide bonds. The zero-order valence-corrected chi connectivity index (χ0v) is 11.7. The van der Waals surface area contributed by atoms with Gasteiger partial charge in [-0.25, -0.2) is 0 Å². The third-order valence-corrected chi connectivity index (χ3v) is 3.61. The van der Waals surface area contributed by atoms with Crippen molar-refractivity contribution in [3.8, 4) is 5.75 Å². The molecule has 18 heavy (non-hydrogen) atoms. The Kier molecular flexibility index (Phi) is 3.53. The van der Waals surface area contributed by atoms with E-state index in [0.29, 0.717) is 6.61 Å². The van der Waals surface area contributed by atoms with E-state index in [2.05, 4.69) is 13.8 Å². The molecular formula is C15H23NO2. The summed E-state index contributed by atoms with van der Waals surface area (Å²) in [5.74, 6) is 0.906. The van der Waals surface area contributed by atoms with Crippen LogP contribution in [0.3, 0.4) is 0 Å². The maximum atomic E-state index is 5.92. The van der Waals surface area contributed by atoms with E-state index in [0.717, 1.165) is 35.4 Å². The first-order chi connectivity index (χ1) is 8.39. The van der Waals surface area contributed by atoms with Crippen molar-refractivity contribution in [2.75, 3.05) is 12.3 Å². The number of ether oxygens (including phenoxy) is 2. The number of hydrogen-bond donors (Lipinski definition) is 1. The van der Waals surface area contributed by atoms with Gasteiger partial charge >= 0.3 is 0 Å². The molecule has 0 saturated carbocycles. The van der Waals surface area contributed by atoms with Crippen molar-refractivity contribution in [3.63, 3.8) is 0 Å². The normalized spacial score (nSPS) is 22.1. The fourth-order valence-corrected chi connectivity index (χ4v) is 2.44. The standard InChI is InChI=1S/C15H23NO2/c1-10-5-6-13(16)11(2)14(10)17-9-12-7-8-15(3,4)18-12/h5-6,12H,7-9,16H2,1-4H3. The van der Waals surface area contributed by atoms with Gasteiger partial charge in [-0.2, -0.15) is 0 Å². The van der Waals surface area contributed by atoms with Gasteiger partial charge in [0.1, 0.15) is 12.4 Å². The highest BCUT2D eigenvalue weighted by molar-refractivity contribution is 5.56. The second-order valence-corrected chi connectivity index (χ2v) is 5.78. The Morgan fingerprint density at radius 1 is 1.39 bits per heavy atom. The maximum absolute atomic E-state index is 5.92. The number of hydrogen-bond acceptors (Lipinski definition) is 3. The van der Waals surface area contributed by atoms with Crippen LogP contribution in [0.15, 0.2) is 12.1 Å². The first kappa shape index (κ1) is 13.2. The molecule has 1 aromatic carbocycles. The zero-order valence-electron chi connectivity index (χ0n) is 11.7. The summed E-state index contributed by atoms with van der Waals surface area (Å²) >= 11 is 0. The monoisotopic (exact) mass is 249 g/mol. The summed E-state index contributed by atoms with van der Waals surface area (Å²) in [7, 11) is 0. The third kappa shape index (κ3) is 2.78. The zero-order chi connectivity index (χ0) is 13.3. The van der Waals surface area contributed by atoms with Crippen LogP contribution in [0.25, 0.3) is 0 Å². The quantitative estimate of drug-likeness (QED) is 0.836. The van der Waals surface area contributed by atoms with Crippen LogP contribution in [-0.4, -0.2) is 18.3 Å². The average molecular weight is 249 g/mol.